The Hall–Kier alpha value is 0.491. The van der Waals surface area contributed by atoms with Gasteiger partial charge in [-0.05, 0) is 20.8 Å². The average Bonchev–Trinajstić information content (AvgIpc) is 2.24. The number of hydrogen-bond donors (Lipinski definition) is 0. The van der Waals surface area contributed by atoms with Crippen molar-refractivity contribution in [2.24, 2.45) is 0 Å². The van der Waals surface area contributed by atoms with E-state index < -0.39 is 25.3 Å². The van der Waals surface area contributed by atoms with Crippen LogP contribution in [0, 0.1) is 0 Å². The minimum absolute atomic E-state index is 0.650. The molecule has 0 fully saturated rings. The zero-order valence-electron chi connectivity index (χ0n) is 15.0. The monoisotopic (exact) mass is 337 g/mol. The summed E-state index contributed by atoms with van der Waals surface area (Å²) >= 11 is 0. The highest BCUT2D eigenvalue weighted by Crippen LogP contribution is 2.24. The fourth-order valence-electron chi connectivity index (χ4n) is 2.60. The highest BCUT2D eigenvalue weighted by Gasteiger charge is 2.48. The summed E-state index contributed by atoms with van der Waals surface area (Å²) in [6.07, 6.45) is 0.841. The average molecular weight is 338 g/mol. The zero-order chi connectivity index (χ0) is 16.0. The third kappa shape index (κ3) is 6.50. The van der Waals surface area contributed by atoms with Crippen LogP contribution >= 0.6 is 0 Å². The van der Waals surface area contributed by atoms with Crippen LogP contribution in [0.25, 0.3) is 0 Å². The maximum absolute atomic E-state index is 6.03. The summed E-state index contributed by atoms with van der Waals surface area (Å²) in [5.74, 6) is 0. The Kier molecular flexibility index (Phi) is 8.41. The zero-order valence-corrected chi connectivity index (χ0v) is 18.0. The Morgan fingerprint density at radius 3 is 1.15 bits per heavy atom. The van der Waals surface area contributed by atoms with Crippen LogP contribution in [-0.2, 0) is 13.3 Å². The molecule has 0 bridgehead atoms. The van der Waals surface area contributed by atoms with Gasteiger partial charge in [0.1, 0.15) is 16.5 Å². The highest BCUT2D eigenvalue weighted by atomic mass is 28.4. The Labute approximate surface area is 129 Å². The summed E-state index contributed by atoms with van der Waals surface area (Å²) in [5, 5.41) is 0. The molecule has 0 N–H and O–H groups in total. The molecule has 0 radical (unpaired) electrons. The molecular weight excluding hydrogens is 302 g/mol. The van der Waals surface area contributed by atoms with Gasteiger partial charge in [0.15, 0.2) is 0 Å². The van der Waals surface area contributed by atoms with Crippen molar-refractivity contribution < 1.29 is 13.3 Å². The van der Waals surface area contributed by atoms with Gasteiger partial charge in [-0.2, -0.15) is 0 Å². The molecule has 0 saturated heterocycles. The largest absolute Gasteiger partial charge is 0.514 e. The molecule has 0 atom stereocenters. The first-order valence-corrected chi connectivity index (χ1v) is 16.5. The quantitative estimate of drug-likeness (QED) is 0.571. The molecule has 0 aliphatic heterocycles. The van der Waals surface area contributed by atoms with Crippen molar-refractivity contribution in [1.29, 1.82) is 0 Å². The van der Waals surface area contributed by atoms with Crippen molar-refractivity contribution in [3.63, 3.8) is 0 Å². The van der Waals surface area contributed by atoms with E-state index in [9.17, 15) is 0 Å². The highest BCUT2D eigenvalue weighted by molar-refractivity contribution is 6.90. The summed E-state index contributed by atoms with van der Waals surface area (Å²) in [6, 6.07) is 0. The van der Waals surface area contributed by atoms with E-state index in [2.05, 4.69) is 43.5 Å². The Morgan fingerprint density at radius 2 is 0.950 bits per heavy atom. The van der Waals surface area contributed by atoms with E-state index in [-0.39, 0.29) is 0 Å². The smallest absolute Gasteiger partial charge is 0.373 e. The second-order valence-electron chi connectivity index (χ2n) is 6.91. The number of rotatable bonds is 10. The lowest BCUT2D eigenvalue weighted by molar-refractivity contribution is 0.0672. The van der Waals surface area contributed by atoms with Crippen molar-refractivity contribution >= 4 is 25.3 Å². The van der Waals surface area contributed by atoms with Gasteiger partial charge in [0, 0.05) is 19.8 Å². The van der Waals surface area contributed by atoms with Crippen LogP contribution in [0.5, 0.6) is 0 Å². The van der Waals surface area contributed by atoms with E-state index in [1.165, 1.54) is 0 Å². The first-order valence-electron chi connectivity index (χ1n) is 7.72. The van der Waals surface area contributed by atoms with Gasteiger partial charge < -0.3 is 17.5 Å². The summed E-state index contributed by atoms with van der Waals surface area (Å²) in [7, 11) is -5.44. The third-order valence-electron chi connectivity index (χ3n) is 3.06. The maximum atomic E-state index is 6.03. The normalized spacial score (nSPS) is 14.1. The van der Waals surface area contributed by atoms with Gasteiger partial charge in [-0.3, -0.25) is 0 Å². The molecule has 7 heteroatoms. The van der Waals surface area contributed by atoms with Gasteiger partial charge >= 0.3 is 8.80 Å². The van der Waals surface area contributed by atoms with Gasteiger partial charge in [-0.1, -0.05) is 39.3 Å². The third-order valence-corrected chi connectivity index (χ3v) is 14.2. The van der Waals surface area contributed by atoms with Gasteiger partial charge in [-0.15, -0.1) is 0 Å². The molecule has 0 amide bonds. The second kappa shape index (κ2) is 8.21. The molecule has 0 aromatic rings. The molecule has 0 aromatic heterocycles. The second-order valence-corrected chi connectivity index (χ2v) is 19.7. The SMILES string of the molecule is CCO[Si](CN([Si](C)(C)C)[Si](C)(C)C)(OCC)OCC. The molecule has 4 nitrogen and oxygen atoms in total. The van der Waals surface area contributed by atoms with E-state index in [1.54, 1.807) is 0 Å². The number of hydrogen-bond acceptors (Lipinski definition) is 4. The lowest BCUT2D eigenvalue weighted by atomic mass is 10.9. The maximum Gasteiger partial charge on any atom is 0.514 e. The molecule has 0 rings (SSSR count). The van der Waals surface area contributed by atoms with Crippen molar-refractivity contribution in [1.82, 2.24) is 4.23 Å². The molecule has 20 heavy (non-hydrogen) atoms. The number of nitrogens with zero attached hydrogens (tertiary/aromatic N) is 1. The fourth-order valence-corrected chi connectivity index (χ4v) is 17.8. The van der Waals surface area contributed by atoms with Gasteiger partial charge in [-0.25, -0.2) is 0 Å². The van der Waals surface area contributed by atoms with Gasteiger partial charge in [0.05, 0.1) is 6.17 Å². The van der Waals surface area contributed by atoms with E-state index in [4.69, 9.17) is 13.3 Å². The molecule has 0 aromatic carbocycles. The van der Waals surface area contributed by atoms with E-state index >= 15 is 0 Å². The first kappa shape index (κ1) is 20.5. The summed E-state index contributed by atoms with van der Waals surface area (Å²) in [5.41, 5.74) is 0. The molecule has 0 aliphatic rings. The molecule has 0 saturated carbocycles. The van der Waals surface area contributed by atoms with Gasteiger partial charge in [0.25, 0.3) is 0 Å². The van der Waals surface area contributed by atoms with Crippen LogP contribution < -0.4 is 0 Å². The summed E-state index contributed by atoms with van der Waals surface area (Å²) in [4.78, 5) is 0. The Balaban J connectivity index is 5.35. The standard InChI is InChI=1S/C13H35NO3Si3/c1-10-15-20(16-11-2,17-12-3)13-14(18(4,5)6)19(7,8)9/h10-13H2,1-9H3. The molecule has 0 unspecified atom stereocenters. The fraction of sp³-hybridized carbons (Fsp3) is 1.00. The van der Waals surface area contributed by atoms with Crippen molar-refractivity contribution in [3.8, 4) is 0 Å². The summed E-state index contributed by atoms with van der Waals surface area (Å²) < 4.78 is 20.8. The lowest BCUT2D eigenvalue weighted by Gasteiger charge is -2.46. The van der Waals surface area contributed by atoms with Crippen LogP contribution in [0.1, 0.15) is 20.8 Å². The van der Waals surface area contributed by atoms with Crippen LogP contribution in [-0.4, -0.2) is 55.5 Å². The topological polar surface area (TPSA) is 30.9 Å². The molecular formula is C13H35NO3Si3. The van der Waals surface area contributed by atoms with Gasteiger partial charge in [0.2, 0.25) is 0 Å². The molecule has 0 aliphatic carbocycles. The minimum atomic E-state index is -2.58. The van der Waals surface area contributed by atoms with E-state index in [0.29, 0.717) is 19.8 Å². The first-order chi connectivity index (χ1) is 9.02. The van der Waals surface area contributed by atoms with Crippen molar-refractivity contribution in [2.75, 3.05) is 26.0 Å². The van der Waals surface area contributed by atoms with Crippen LogP contribution in [0.4, 0.5) is 0 Å². The predicted molar refractivity (Wildman–Crippen MR) is 94.0 cm³/mol. The lowest BCUT2D eigenvalue weighted by Crippen LogP contribution is -2.67. The van der Waals surface area contributed by atoms with Crippen LogP contribution in [0.3, 0.4) is 0 Å². The van der Waals surface area contributed by atoms with E-state index in [0.717, 1.165) is 6.17 Å². The van der Waals surface area contributed by atoms with E-state index in [1.807, 2.05) is 20.8 Å². The molecule has 0 heterocycles. The van der Waals surface area contributed by atoms with Crippen molar-refractivity contribution in [3.05, 3.63) is 0 Å². The summed E-state index contributed by atoms with van der Waals surface area (Å²) in [6.45, 7) is 22.4. The van der Waals surface area contributed by atoms with Crippen LogP contribution in [0.2, 0.25) is 39.3 Å². The minimum Gasteiger partial charge on any atom is -0.373 e. The molecule has 122 valence electrons. The Morgan fingerprint density at radius 1 is 0.650 bits per heavy atom. The Bertz CT molecular complexity index is 246. The predicted octanol–water partition coefficient (Wildman–Crippen LogP) is 3.55. The van der Waals surface area contributed by atoms with Crippen molar-refractivity contribution in [2.45, 2.75) is 60.1 Å². The molecule has 0 spiro atoms. The van der Waals surface area contributed by atoms with Crippen LogP contribution in [0.15, 0.2) is 0 Å².